The summed E-state index contributed by atoms with van der Waals surface area (Å²) in [7, 11) is 1.61. The quantitative estimate of drug-likeness (QED) is 0.645. The molecule has 1 heterocycles. The van der Waals surface area contributed by atoms with E-state index in [0.29, 0.717) is 17.8 Å². The molecule has 1 saturated heterocycles. The van der Waals surface area contributed by atoms with E-state index >= 15 is 0 Å². The second-order valence-corrected chi connectivity index (χ2v) is 7.01. The summed E-state index contributed by atoms with van der Waals surface area (Å²) < 4.78 is 0.0759. The van der Waals surface area contributed by atoms with Gasteiger partial charge in [-0.15, -0.1) is 0 Å². The van der Waals surface area contributed by atoms with E-state index in [1.165, 1.54) is 12.5 Å². The molecule has 0 bridgehead atoms. The van der Waals surface area contributed by atoms with Crippen molar-refractivity contribution in [3.63, 3.8) is 0 Å². The van der Waals surface area contributed by atoms with Crippen molar-refractivity contribution in [1.82, 2.24) is 5.32 Å². The van der Waals surface area contributed by atoms with Gasteiger partial charge in [-0.2, -0.15) is 11.8 Å². The normalized spacial score (nSPS) is 21.0. The summed E-state index contributed by atoms with van der Waals surface area (Å²) in [4.78, 5) is 22.7. The molecule has 1 amide bonds. The molecule has 1 aromatic rings. The van der Waals surface area contributed by atoms with E-state index in [0.717, 1.165) is 12.2 Å². The van der Waals surface area contributed by atoms with Crippen LogP contribution in [0.2, 0.25) is 0 Å². The van der Waals surface area contributed by atoms with E-state index in [9.17, 15) is 14.9 Å². The molecule has 2 N–H and O–H groups in total. The number of anilines is 1. The number of carbonyl (C=O) groups is 1. The third-order valence-electron chi connectivity index (χ3n) is 3.65. The fraction of sp³-hybridized carbons (Fsp3) is 0.500. The summed E-state index contributed by atoms with van der Waals surface area (Å²) in [5.41, 5.74) is 0.619. The van der Waals surface area contributed by atoms with Crippen LogP contribution in [-0.2, 0) is 0 Å². The predicted octanol–water partition coefficient (Wildman–Crippen LogP) is 2.65. The van der Waals surface area contributed by atoms with Crippen LogP contribution in [0, 0.1) is 10.1 Å². The molecule has 0 aliphatic carbocycles. The second kappa shape index (κ2) is 6.34. The number of amides is 1. The van der Waals surface area contributed by atoms with Gasteiger partial charge in [0.2, 0.25) is 0 Å². The average Bonchev–Trinajstić information content (AvgIpc) is 2.91. The molecule has 1 aromatic carbocycles. The lowest BCUT2D eigenvalue weighted by Gasteiger charge is -2.22. The molecule has 2 rings (SSSR count). The molecule has 1 fully saturated rings. The largest absolute Gasteiger partial charge is 0.383 e. The van der Waals surface area contributed by atoms with Gasteiger partial charge < -0.3 is 10.6 Å². The Kier molecular flexibility index (Phi) is 4.72. The number of hydrogen-bond acceptors (Lipinski definition) is 5. The molecule has 0 spiro atoms. The first kappa shape index (κ1) is 15.6. The van der Waals surface area contributed by atoms with E-state index in [4.69, 9.17) is 0 Å². The van der Waals surface area contributed by atoms with Gasteiger partial charge in [0.25, 0.3) is 11.6 Å². The van der Waals surface area contributed by atoms with Crippen molar-refractivity contribution < 1.29 is 9.72 Å². The molecule has 6 nitrogen and oxygen atoms in total. The van der Waals surface area contributed by atoms with Crippen LogP contribution in [0.25, 0.3) is 0 Å². The Morgan fingerprint density at radius 1 is 1.52 bits per heavy atom. The first-order chi connectivity index (χ1) is 9.95. The van der Waals surface area contributed by atoms with Gasteiger partial charge in [0.05, 0.1) is 4.92 Å². The minimum atomic E-state index is -0.489. The molecule has 7 heteroatoms. The van der Waals surface area contributed by atoms with Crippen molar-refractivity contribution in [3.05, 3.63) is 33.9 Å². The van der Waals surface area contributed by atoms with E-state index in [1.54, 1.807) is 19.2 Å². The minimum absolute atomic E-state index is 0.0759. The Morgan fingerprint density at radius 3 is 2.86 bits per heavy atom. The van der Waals surface area contributed by atoms with E-state index in [-0.39, 0.29) is 16.3 Å². The zero-order chi connectivity index (χ0) is 15.5. The molecule has 0 aromatic heterocycles. The van der Waals surface area contributed by atoms with Crippen molar-refractivity contribution >= 4 is 29.0 Å². The van der Waals surface area contributed by atoms with E-state index < -0.39 is 4.92 Å². The number of benzene rings is 1. The maximum absolute atomic E-state index is 12.2. The van der Waals surface area contributed by atoms with Crippen molar-refractivity contribution in [3.8, 4) is 0 Å². The van der Waals surface area contributed by atoms with Gasteiger partial charge in [-0.05, 0) is 37.7 Å². The molecule has 0 radical (unpaired) electrons. The maximum atomic E-state index is 12.2. The summed E-state index contributed by atoms with van der Waals surface area (Å²) >= 11 is 1.86. The van der Waals surface area contributed by atoms with Gasteiger partial charge >= 0.3 is 0 Å². The molecule has 1 unspecified atom stereocenters. The van der Waals surface area contributed by atoms with Gasteiger partial charge in [-0.3, -0.25) is 14.9 Å². The number of carbonyl (C=O) groups excluding carboxylic acids is 1. The highest BCUT2D eigenvalue weighted by Gasteiger charge is 2.30. The summed E-state index contributed by atoms with van der Waals surface area (Å²) in [5, 5.41) is 16.6. The van der Waals surface area contributed by atoms with Crippen molar-refractivity contribution in [2.24, 2.45) is 0 Å². The first-order valence-corrected chi connectivity index (χ1v) is 7.82. The molecular formula is C14H19N3O3S. The Bertz CT molecular complexity index is 556. The monoisotopic (exact) mass is 309 g/mol. The van der Waals surface area contributed by atoms with Crippen LogP contribution in [-0.4, -0.2) is 34.9 Å². The number of nitro groups is 1. The van der Waals surface area contributed by atoms with Crippen molar-refractivity contribution in [2.45, 2.75) is 24.5 Å². The predicted molar refractivity (Wildman–Crippen MR) is 85.1 cm³/mol. The number of thioether (sulfide) groups is 1. The third-order valence-corrected chi connectivity index (χ3v) is 5.19. The first-order valence-electron chi connectivity index (χ1n) is 6.83. The third kappa shape index (κ3) is 3.66. The number of rotatable bonds is 5. The molecule has 21 heavy (non-hydrogen) atoms. The minimum Gasteiger partial charge on any atom is -0.383 e. The highest BCUT2D eigenvalue weighted by Crippen LogP contribution is 2.37. The smallest absolute Gasteiger partial charge is 0.293 e. The SMILES string of the molecule is CNc1ccc(C(=O)NCC2(C)CCCS2)cc1[N+](=O)[O-]. The second-order valence-electron chi connectivity index (χ2n) is 5.32. The van der Waals surface area contributed by atoms with E-state index in [1.807, 2.05) is 11.8 Å². The molecular weight excluding hydrogens is 290 g/mol. The van der Waals surface area contributed by atoms with Crippen LogP contribution in [0.1, 0.15) is 30.1 Å². The van der Waals surface area contributed by atoms with Crippen LogP contribution in [0.3, 0.4) is 0 Å². The molecule has 114 valence electrons. The number of nitro benzene ring substituents is 1. The van der Waals surface area contributed by atoms with Crippen LogP contribution in [0.15, 0.2) is 18.2 Å². The Morgan fingerprint density at radius 2 is 2.29 bits per heavy atom. The lowest BCUT2D eigenvalue weighted by atomic mass is 10.1. The van der Waals surface area contributed by atoms with Gasteiger partial charge in [-0.1, -0.05) is 0 Å². The Balaban J connectivity index is 2.08. The molecule has 1 aliphatic heterocycles. The van der Waals surface area contributed by atoms with Gasteiger partial charge in [0.15, 0.2) is 0 Å². The molecule has 1 atom stereocenters. The Labute approximate surface area is 127 Å². The Hall–Kier alpha value is -1.76. The van der Waals surface area contributed by atoms with Gasteiger partial charge in [0.1, 0.15) is 5.69 Å². The molecule has 1 aliphatic rings. The van der Waals surface area contributed by atoms with Crippen molar-refractivity contribution in [1.29, 1.82) is 0 Å². The van der Waals surface area contributed by atoms with Gasteiger partial charge in [-0.25, -0.2) is 0 Å². The maximum Gasteiger partial charge on any atom is 0.293 e. The zero-order valence-corrected chi connectivity index (χ0v) is 13.0. The van der Waals surface area contributed by atoms with Crippen LogP contribution in [0.4, 0.5) is 11.4 Å². The summed E-state index contributed by atoms with van der Waals surface area (Å²) in [6, 6.07) is 4.46. The topological polar surface area (TPSA) is 84.3 Å². The van der Waals surface area contributed by atoms with Gasteiger partial charge in [0, 0.05) is 30.0 Å². The highest BCUT2D eigenvalue weighted by atomic mass is 32.2. The summed E-state index contributed by atoms with van der Waals surface area (Å²) in [6.45, 7) is 2.72. The van der Waals surface area contributed by atoms with E-state index in [2.05, 4.69) is 17.6 Å². The molecule has 0 saturated carbocycles. The standard InChI is InChI=1S/C14H19N3O3S/c1-14(6-3-7-21-14)9-16-13(18)10-4-5-11(15-2)12(8-10)17(19)20/h4-5,8,15H,3,6-7,9H2,1-2H3,(H,16,18). The highest BCUT2D eigenvalue weighted by molar-refractivity contribution is 8.00. The summed E-state index contributed by atoms with van der Waals surface area (Å²) in [5.74, 6) is 0.851. The fourth-order valence-corrected chi connectivity index (χ4v) is 3.63. The number of hydrogen-bond donors (Lipinski definition) is 2. The van der Waals surface area contributed by atoms with Crippen LogP contribution < -0.4 is 10.6 Å². The lowest BCUT2D eigenvalue weighted by molar-refractivity contribution is -0.384. The van der Waals surface area contributed by atoms with Crippen LogP contribution >= 0.6 is 11.8 Å². The number of nitrogens with zero attached hydrogens (tertiary/aromatic N) is 1. The lowest BCUT2D eigenvalue weighted by Crippen LogP contribution is -2.36. The number of nitrogens with one attached hydrogen (secondary N) is 2. The zero-order valence-electron chi connectivity index (χ0n) is 12.1. The van der Waals surface area contributed by atoms with Crippen molar-refractivity contribution in [2.75, 3.05) is 24.7 Å². The fourth-order valence-electron chi connectivity index (χ4n) is 2.38. The summed E-state index contributed by atoms with van der Waals surface area (Å²) in [6.07, 6.45) is 2.25. The van der Waals surface area contributed by atoms with Crippen LogP contribution in [0.5, 0.6) is 0 Å². The average molecular weight is 309 g/mol.